The van der Waals surface area contributed by atoms with E-state index in [1.54, 1.807) is 0 Å². The summed E-state index contributed by atoms with van der Waals surface area (Å²) in [5.74, 6) is -0.259. The van der Waals surface area contributed by atoms with Gasteiger partial charge in [-0.25, -0.2) is 9.97 Å². The van der Waals surface area contributed by atoms with Gasteiger partial charge in [0.2, 0.25) is 0 Å². The van der Waals surface area contributed by atoms with Gasteiger partial charge in [0.15, 0.2) is 5.58 Å². The average molecular weight is 302 g/mol. The second-order valence-corrected chi connectivity index (χ2v) is 5.68. The summed E-state index contributed by atoms with van der Waals surface area (Å²) in [6.07, 6.45) is 2.15. The van der Waals surface area contributed by atoms with Gasteiger partial charge in [-0.05, 0) is 18.6 Å². The Bertz CT molecular complexity index is 800. The fourth-order valence-corrected chi connectivity index (χ4v) is 3.13. The largest absolute Gasteiger partial charge is 0.468 e. The van der Waals surface area contributed by atoms with Gasteiger partial charge in [-0.1, -0.05) is 30.8 Å². The van der Waals surface area contributed by atoms with Crippen LogP contribution < -0.4 is 0 Å². The molecule has 1 aromatic carbocycles. The van der Waals surface area contributed by atoms with E-state index in [9.17, 15) is 4.79 Å². The molecule has 108 valence electrons. The zero-order chi connectivity index (χ0) is 14.8. The minimum absolute atomic E-state index is 0.259. The van der Waals surface area contributed by atoms with Crippen LogP contribution in [0.4, 0.5) is 0 Å². The molecule has 0 aliphatic carbocycles. The van der Waals surface area contributed by atoms with Crippen molar-refractivity contribution in [3.63, 3.8) is 0 Å². The molecular formula is C15H14N2O3S. The number of ether oxygens (including phenoxy) is 1. The molecule has 6 heteroatoms. The lowest BCUT2D eigenvalue weighted by Crippen LogP contribution is -2.17. The first-order valence-corrected chi connectivity index (χ1v) is 7.49. The van der Waals surface area contributed by atoms with E-state index in [0.29, 0.717) is 17.0 Å². The number of hydrogen-bond donors (Lipinski definition) is 0. The highest BCUT2D eigenvalue weighted by Gasteiger charge is 2.22. The highest BCUT2D eigenvalue weighted by atomic mass is 32.2. The van der Waals surface area contributed by atoms with Crippen LogP contribution in [-0.4, -0.2) is 28.3 Å². The maximum absolute atomic E-state index is 11.7. The zero-order valence-electron chi connectivity index (χ0n) is 11.7. The molecule has 0 spiro atoms. The quantitative estimate of drug-likeness (QED) is 0.418. The van der Waals surface area contributed by atoms with E-state index in [1.807, 2.05) is 31.2 Å². The molecule has 0 aliphatic rings. The number of aromatic nitrogens is 2. The summed E-state index contributed by atoms with van der Waals surface area (Å²) in [6, 6.07) is 7.70. The molecule has 2 aromatic heterocycles. The number of esters is 1. The van der Waals surface area contributed by atoms with Crippen LogP contribution in [-0.2, 0) is 9.53 Å². The van der Waals surface area contributed by atoms with Gasteiger partial charge in [0.05, 0.1) is 7.11 Å². The van der Waals surface area contributed by atoms with Crippen LogP contribution in [0.1, 0.15) is 13.3 Å². The SMILES string of the molecule is CCC(Sc1ncnc2c1oc1ccccc12)C(=O)OC. The minimum Gasteiger partial charge on any atom is -0.468 e. The Kier molecular flexibility index (Phi) is 3.79. The summed E-state index contributed by atoms with van der Waals surface area (Å²) in [5, 5.41) is 1.30. The lowest BCUT2D eigenvalue weighted by Gasteiger charge is -2.10. The summed E-state index contributed by atoms with van der Waals surface area (Å²) in [7, 11) is 1.39. The van der Waals surface area contributed by atoms with Crippen molar-refractivity contribution < 1.29 is 13.9 Å². The Morgan fingerprint density at radius 2 is 2.19 bits per heavy atom. The highest BCUT2D eigenvalue weighted by Crippen LogP contribution is 2.34. The topological polar surface area (TPSA) is 65.2 Å². The van der Waals surface area contributed by atoms with Gasteiger partial charge in [0, 0.05) is 5.39 Å². The highest BCUT2D eigenvalue weighted by molar-refractivity contribution is 8.00. The lowest BCUT2D eigenvalue weighted by atomic mass is 10.2. The van der Waals surface area contributed by atoms with Crippen molar-refractivity contribution in [3.8, 4) is 0 Å². The van der Waals surface area contributed by atoms with Crippen molar-refractivity contribution in [2.24, 2.45) is 0 Å². The van der Waals surface area contributed by atoms with Crippen LogP contribution in [0.3, 0.4) is 0 Å². The van der Waals surface area contributed by atoms with E-state index in [1.165, 1.54) is 25.2 Å². The molecule has 5 nitrogen and oxygen atoms in total. The third-order valence-electron chi connectivity index (χ3n) is 3.21. The molecule has 3 aromatic rings. The van der Waals surface area contributed by atoms with Gasteiger partial charge in [-0.2, -0.15) is 0 Å². The number of para-hydroxylation sites is 1. The monoisotopic (exact) mass is 302 g/mol. The second-order valence-electron chi connectivity index (χ2n) is 4.49. The maximum Gasteiger partial charge on any atom is 0.319 e. The van der Waals surface area contributed by atoms with Crippen molar-refractivity contribution in [3.05, 3.63) is 30.6 Å². The van der Waals surface area contributed by atoms with Crippen molar-refractivity contribution in [1.82, 2.24) is 9.97 Å². The fourth-order valence-electron chi connectivity index (χ4n) is 2.15. The first kappa shape index (κ1) is 13.9. The number of rotatable bonds is 4. The predicted molar refractivity (Wildman–Crippen MR) is 81.3 cm³/mol. The Morgan fingerprint density at radius 3 is 2.95 bits per heavy atom. The predicted octanol–water partition coefficient (Wildman–Crippen LogP) is 3.42. The summed E-state index contributed by atoms with van der Waals surface area (Å²) in [4.78, 5) is 20.3. The Balaban J connectivity index is 2.08. The van der Waals surface area contributed by atoms with Gasteiger partial charge in [0.1, 0.15) is 27.7 Å². The average Bonchev–Trinajstić information content (AvgIpc) is 2.91. The number of methoxy groups -OCH3 is 1. The molecule has 21 heavy (non-hydrogen) atoms. The minimum atomic E-state index is -0.304. The Labute approximate surface area is 125 Å². The number of hydrogen-bond acceptors (Lipinski definition) is 6. The van der Waals surface area contributed by atoms with Crippen LogP contribution in [0, 0.1) is 0 Å². The van der Waals surface area contributed by atoms with Gasteiger partial charge in [0.25, 0.3) is 0 Å². The van der Waals surface area contributed by atoms with E-state index in [0.717, 1.165) is 16.5 Å². The van der Waals surface area contributed by atoms with Crippen molar-refractivity contribution in [2.45, 2.75) is 23.6 Å². The molecule has 3 rings (SSSR count). The number of carbonyl (C=O) groups is 1. The van der Waals surface area contributed by atoms with Crippen LogP contribution in [0.25, 0.3) is 22.1 Å². The maximum atomic E-state index is 11.7. The van der Waals surface area contributed by atoms with Crippen molar-refractivity contribution >= 4 is 39.8 Å². The van der Waals surface area contributed by atoms with Gasteiger partial charge < -0.3 is 9.15 Å². The molecule has 1 atom stereocenters. The number of fused-ring (bicyclic) bond motifs is 3. The third kappa shape index (κ3) is 2.47. The van der Waals surface area contributed by atoms with E-state index >= 15 is 0 Å². The molecule has 0 saturated heterocycles. The summed E-state index contributed by atoms with van der Waals surface area (Å²) in [6.45, 7) is 1.94. The van der Waals surface area contributed by atoms with Crippen LogP contribution in [0.2, 0.25) is 0 Å². The molecule has 0 amide bonds. The summed E-state index contributed by atoms with van der Waals surface area (Å²) < 4.78 is 10.7. The fraction of sp³-hybridized carbons (Fsp3) is 0.267. The van der Waals surface area contributed by atoms with E-state index in [4.69, 9.17) is 9.15 Å². The molecule has 1 unspecified atom stereocenters. The first-order valence-electron chi connectivity index (χ1n) is 6.61. The van der Waals surface area contributed by atoms with Crippen LogP contribution >= 0.6 is 11.8 Å². The molecule has 0 radical (unpaired) electrons. The van der Waals surface area contributed by atoms with Crippen LogP contribution in [0.5, 0.6) is 0 Å². The molecule has 0 fully saturated rings. The summed E-state index contributed by atoms with van der Waals surface area (Å²) in [5.41, 5.74) is 2.15. The van der Waals surface area contributed by atoms with Gasteiger partial charge in [-0.15, -0.1) is 0 Å². The van der Waals surface area contributed by atoms with E-state index in [2.05, 4.69) is 9.97 Å². The zero-order valence-corrected chi connectivity index (χ0v) is 12.5. The van der Waals surface area contributed by atoms with E-state index in [-0.39, 0.29) is 11.2 Å². The van der Waals surface area contributed by atoms with Crippen molar-refractivity contribution in [2.75, 3.05) is 7.11 Å². The molecule has 0 aliphatic heterocycles. The number of carbonyl (C=O) groups excluding carboxylic acids is 1. The number of benzene rings is 1. The summed E-state index contributed by atoms with van der Waals surface area (Å²) >= 11 is 1.35. The van der Waals surface area contributed by atoms with Gasteiger partial charge >= 0.3 is 5.97 Å². The second kappa shape index (κ2) is 5.73. The number of furan rings is 1. The standard InChI is InChI=1S/C15H14N2O3S/c1-3-11(15(18)19-2)21-14-13-12(16-8-17-14)9-6-4-5-7-10(9)20-13/h4-8,11H,3H2,1-2H3. The molecule has 2 heterocycles. The molecule has 0 bridgehead atoms. The molecule has 0 N–H and O–H groups in total. The normalized spacial score (nSPS) is 12.7. The van der Waals surface area contributed by atoms with Crippen LogP contribution in [0.15, 0.2) is 40.0 Å². The number of thioether (sulfide) groups is 1. The Hall–Kier alpha value is -2.08. The molecule has 0 saturated carbocycles. The van der Waals surface area contributed by atoms with Gasteiger partial charge in [-0.3, -0.25) is 4.79 Å². The Morgan fingerprint density at radius 1 is 1.38 bits per heavy atom. The van der Waals surface area contributed by atoms with E-state index < -0.39 is 0 Å². The first-order chi connectivity index (χ1) is 10.2. The molecular weight excluding hydrogens is 288 g/mol. The third-order valence-corrected chi connectivity index (χ3v) is 4.54. The lowest BCUT2D eigenvalue weighted by molar-refractivity contribution is -0.140. The number of nitrogens with zero attached hydrogens (tertiary/aromatic N) is 2. The van der Waals surface area contributed by atoms with Crippen molar-refractivity contribution in [1.29, 1.82) is 0 Å². The smallest absolute Gasteiger partial charge is 0.319 e.